The Kier molecular flexibility index (Phi) is 4.24. The lowest BCUT2D eigenvalue weighted by atomic mass is 10.0. The van der Waals surface area contributed by atoms with Crippen molar-refractivity contribution >= 4 is 34.1 Å². The predicted molar refractivity (Wildman–Crippen MR) is 107 cm³/mol. The summed E-state index contributed by atoms with van der Waals surface area (Å²) in [6, 6.07) is 12.7. The molecule has 1 aliphatic carbocycles. The molecule has 0 fully saturated rings. The number of aromatic nitrogens is 1. The molecule has 2 aromatic carbocycles. The minimum Gasteiger partial charge on any atom is -0.458 e. The molecule has 0 radical (unpaired) electrons. The van der Waals surface area contributed by atoms with E-state index in [-0.39, 0.29) is 6.61 Å². The molecule has 0 saturated heterocycles. The monoisotopic (exact) mass is 387 g/mol. The van der Waals surface area contributed by atoms with Gasteiger partial charge in [-0.1, -0.05) is 12.1 Å². The fraction of sp³-hybridized carbons (Fsp3) is 0.174. The van der Waals surface area contributed by atoms with Gasteiger partial charge in [-0.25, -0.2) is 14.6 Å². The summed E-state index contributed by atoms with van der Waals surface area (Å²) in [6.45, 7) is -0.0163. The van der Waals surface area contributed by atoms with Gasteiger partial charge >= 0.3 is 11.6 Å². The summed E-state index contributed by atoms with van der Waals surface area (Å²) in [7, 11) is 0. The van der Waals surface area contributed by atoms with Crippen LogP contribution in [0, 0.1) is 0 Å². The largest absolute Gasteiger partial charge is 0.458 e. The van der Waals surface area contributed by atoms with Crippen LogP contribution in [0.4, 0.5) is 0 Å². The van der Waals surface area contributed by atoms with E-state index in [0.717, 1.165) is 30.2 Å². The second-order valence-corrected chi connectivity index (χ2v) is 7.02. The number of rotatable bonds is 4. The highest BCUT2D eigenvalue weighted by Gasteiger charge is 2.15. The van der Waals surface area contributed by atoms with Gasteiger partial charge in [0.1, 0.15) is 17.7 Å². The van der Waals surface area contributed by atoms with Crippen molar-refractivity contribution in [3.63, 3.8) is 0 Å². The van der Waals surface area contributed by atoms with Crippen LogP contribution in [0.3, 0.4) is 0 Å². The van der Waals surface area contributed by atoms with Gasteiger partial charge < -0.3 is 13.6 Å². The molecule has 1 aliphatic rings. The fourth-order valence-electron chi connectivity index (χ4n) is 3.71. The van der Waals surface area contributed by atoms with Crippen LogP contribution >= 0.6 is 0 Å². The van der Waals surface area contributed by atoms with E-state index in [1.807, 2.05) is 30.3 Å². The van der Waals surface area contributed by atoms with Crippen LogP contribution in [0.5, 0.6) is 0 Å². The summed E-state index contributed by atoms with van der Waals surface area (Å²) in [5.41, 5.74) is 4.56. The third-order valence-electron chi connectivity index (χ3n) is 5.08. The molecule has 4 aromatic rings. The average molecular weight is 387 g/mol. The molecule has 0 aliphatic heterocycles. The predicted octanol–water partition coefficient (Wildman–Crippen LogP) is 4.18. The van der Waals surface area contributed by atoms with Gasteiger partial charge in [0.25, 0.3) is 0 Å². The molecule has 144 valence electrons. The van der Waals surface area contributed by atoms with Crippen LogP contribution in [-0.2, 0) is 29.0 Å². The van der Waals surface area contributed by atoms with Crippen molar-refractivity contribution in [2.45, 2.75) is 25.9 Å². The topological polar surface area (TPSA) is 82.5 Å². The Hall–Kier alpha value is -3.67. The van der Waals surface area contributed by atoms with E-state index in [1.165, 1.54) is 29.3 Å². The normalized spacial score (nSPS) is 13.4. The molecule has 5 rings (SSSR count). The van der Waals surface area contributed by atoms with Gasteiger partial charge in [0.05, 0.1) is 0 Å². The average Bonchev–Trinajstić information content (AvgIpc) is 3.34. The first-order chi connectivity index (χ1) is 14.2. The van der Waals surface area contributed by atoms with Crippen LogP contribution in [0.15, 0.2) is 62.2 Å². The summed E-state index contributed by atoms with van der Waals surface area (Å²) < 4.78 is 16.2. The van der Waals surface area contributed by atoms with Crippen molar-refractivity contribution in [1.82, 2.24) is 4.98 Å². The summed E-state index contributed by atoms with van der Waals surface area (Å²) >= 11 is 0. The highest BCUT2D eigenvalue weighted by Crippen LogP contribution is 2.28. The smallest absolute Gasteiger partial charge is 0.336 e. The number of benzene rings is 2. The summed E-state index contributed by atoms with van der Waals surface area (Å²) in [5.74, 6) is -0.223. The maximum absolute atomic E-state index is 12.1. The van der Waals surface area contributed by atoms with Crippen LogP contribution in [0.1, 0.15) is 29.0 Å². The van der Waals surface area contributed by atoms with Gasteiger partial charge in [-0.05, 0) is 54.7 Å². The number of fused-ring (bicyclic) bond motifs is 3. The second-order valence-electron chi connectivity index (χ2n) is 7.02. The van der Waals surface area contributed by atoms with E-state index < -0.39 is 11.6 Å². The highest BCUT2D eigenvalue weighted by atomic mass is 16.5. The van der Waals surface area contributed by atoms with Crippen molar-refractivity contribution in [3.05, 3.63) is 81.5 Å². The molecule has 0 saturated carbocycles. The summed E-state index contributed by atoms with van der Waals surface area (Å²) in [6.07, 6.45) is 5.83. The van der Waals surface area contributed by atoms with Crippen molar-refractivity contribution in [2.24, 2.45) is 0 Å². The number of nitrogens with zero attached hydrogens (tertiary/aromatic N) is 1. The zero-order valence-electron chi connectivity index (χ0n) is 15.5. The van der Waals surface area contributed by atoms with E-state index >= 15 is 0 Å². The Morgan fingerprint density at radius 3 is 2.76 bits per heavy atom. The number of oxazole rings is 1. The first-order valence-corrected chi connectivity index (χ1v) is 9.45. The quantitative estimate of drug-likeness (QED) is 0.297. The third kappa shape index (κ3) is 3.45. The third-order valence-corrected chi connectivity index (χ3v) is 5.08. The molecule has 2 aromatic heterocycles. The van der Waals surface area contributed by atoms with Crippen molar-refractivity contribution in [1.29, 1.82) is 0 Å². The molecule has 0 atom stereocenters. The minimum atomic E-state index is -0.546. The van der Waals surface area contributed by atoms with Gasteiger partial charge in [0, 0.05) is 29.2 Å². The van der Waals surface area contributed by atoms with Crippen LogP contribution < -0.4 is 5.63 Å². The second kappa shape index (κ2) is 7.05. The Balaban J connectivity index is 1.34. The highest BCUT2D eigenvalue weighted by molar-refractivity contribution is 5.87. The summed E-state index contributed by atoms with van der Waals surface area (Å²) in [5, 5.41) is 0.806. The Bertz CT molecular complexity index is 1300. The molecule has 0 spiro atoms. The van der Waals surface area contributed by atoms with Crippen LogP contribution in [0.25, 0.3) is 28.1 Å². The minimum absolute atomic E-state index is 0.0163. The fourth-order valence-corrected chi connectivity index (χ4v) is 3.71. The van der Waals surface area contributed by atoms with E-state index in [1.54, 1.807) is 6.07 Å². The van der Waals surface area contributed by atoms with E-state index in [2.05, 4.69) is 4.98 Å². The summed E-state index contributed by atoms with van der Waals surface area (Å²) in [4.78, 5) is 28.3. The number of carbonyl (C=O) groups excluding carboxylic acids is 1. The molecule has 6 nitrogen and oxygen atoms in total. The maximum atomic E-state index is 12.1. The molecule has 0 unspecified atom stereocenters. The number of hydrogen-bond donors (Lipinski definition) is 0. The first kappa shape index (κ1) is 17.4. The number of esters is 1. The van der Waals surface area contributed by atoms with E-state index in [0.29, 0.717) is 22.6 Å². The SMILES string of the molecule is O=C(/C=C/c1nc2ccccc2o1)OCc1cc(=O)oc2cc3c(cc12)CCC3. The van der Waals surface area contributed by atoms with Gasteiger partial charge in [-0.3, -0.25) is 0 Å². The van der Waals surface area contributed by atoms with E-state index in [4.69, 9.17) is 13.6 Å². The standard InChI is InChI=1S/C23H17NO5/c25-22(9-8-21-24-18-6-1-2-7-19(18)28-21)27-13-16-12-23(26)29-20-11-15-5-3-4-14(15)10-17(16)20/h1-2,6-12H,3-5,13H2/b9-8+. The number of ether oxygens (including phenoxy) is 1. The van der Waals surface area contributed by atoms with Gasteiger partial charge in [-0.15, -0.1) is 0 Å². The molecular weight excluding hydrogens is 370 g/mol. The van der Waals surface area contributed by atoms with E-state index in [9.17, 15) is 9.59 Å². The maximum Gasteiger partial charge on any atom is 0.336 e. The Labute approximate surface area is 165 Å². The van der Waals surface area contributed by atoms with Gasteiger partial charge in [0.15, 0.2) is 5.58 Å². The molecule has 6 heteroatoms. The molecule has 2 heterocycles. The van der Waals surface area contributed by atoms with Gasteiger partial charge in [-0.2, -0.15) is 0 Å². The first-order valence-electron chi connectivity index (χ1n) is 9.45. The molecular formula is C23H17NO5. The Morgan fingerprint density at radius 2 is 1.90 bits per heavy atom. The zero-order chi connectivity index (χ0) is 19.8. The zero-order valence-corrected chi connectivity index (χ0v) is 15.5. The van der Waals surface area contributed by atoms with Crippen LogP contribution in [-0.4, -0.2) is 11.0 Å². The van der Waals surface area contributed by atoms with Crippen molar-refractivity contribution < 1.29 is 18.4 Å². The van der Waals surface area contributed by atoms with Crippen LogP contribution in [0.2, 0.25) is 0 Å². The Morgan fingerprint density at radius 1 is 1.07 bits per heavy atom. The lowest BCUT2D eigenvalue weighted by Gasteiger charge is -2.08. The number of carbonyl (C=O) groups is 1. The lowest BCUT2D eigenvalue weighted by molar-refractivity contribution is -0.138. The van der Waals surface area contributed by atoms with Crippen molar-refractivity contribution in [3.8, 4) is 0 Å². The molecule has 0 amide bonds. The number of para-hydroxylation sites is 2. The molecule has 0 bridgehead atoms. The van der Waals surface area contributed by atoms with Gasteiger partial charge in [0.2, 0.25) is 5.89 Å². The molecule has 29 heavy (non-hydrogen) atoms. The molecule has 0 N–H and O–H groups in total. The lowest BCUT2D eigenvalue weighted by Crippen LogP contribution is -2.06. The number of aryl methyl sites for hydroxylation is 2. The number of hydrogen-bond acceptors (Lipinski definition) is 6. The van der Waals surface area contributed by atoms with Crippen molar-refractivity contribution in [2.75, 3.05) is 0 Å².